The van der Waals surface area contributed by atoms with Crippen molar-refractivity contribution in [1.82, 2.24) is 15.1 Å². The molecule has 1 unspecified atom stereocenters. The Balaban J connectivity index is 1.37. The molecule has 1 saturated carbocycles. The molecule has 0 radical (unpaired) electrons. The highest BCUT2D eigenvalue weighted by molar-refractivity contribution is 5.84. The highest BCUT2D eigenvalue weighted by atomic mass is 16.2. The van der Waals surface area contributed by atoms with Gasteiger partial charge in [0.05, 0.1) is 6.04 Å². The first-order chi connectivity index (χ1) is 16.0. The van der Waals surface area contributed by atoms with E-state index in [1.807, 2.05) is 32.7 Å². The Morgan fingerprint density at radius 3 is 2.44 bits per heavy atom. The normalized spacial score (nSPS) is 24.7. The Morgan fingerprint density at radius 1 is 1.12 bits per heavy atom. The van der Waals surface area contributed by atoms with Gasteiger partial charge in [0, 0.05) is 31.6 Å². The van der Waals surface area contributed by atoms with E-state index >= 15 is 0 Å². The molecule has 1 aliphatic heterocycles. The summed E-state index contributed by atoms with van der Waals surface area (Å²) < 4.78 is 0. The van der Waals surface area contributed by atoms with Crippen LogP contribution in [0.15, 0.2) is 29.8 Å². The smallest absolute Gasteiger partial charge is 0.317 e. The first-order valence-electron chi connectivity index (χ1n) is 13.2. The highest BCUT2D eigenvalue weighted by Crippen LogP contribution is 2.43. The summed E-state index contributed by atoms with van der Waals surface area (Å²) in [4.78, 5) is 30.2. The molecule has 1 atom stereocenters. The Labute approximate surface area is 206 Å². The number of amides is 3. The molecule has 0 bridgehead atoms. The third kappa shape index (κ3) is 5.18. The van der Waals surface area contributed by atoms with Crippen LogP contribution in [0.4, 0.5) is 4.79 Å². The molecule has 1 heterocycles. The van der Waals surface area contributed by atoms with Crippen LogP contribution in [0.2, 0.25) is 0 Å². The summed E-state index contributed by atoms with van der Waals surface area (Å²) in [6, 6.07) is 8.98. The summed E-state index contributed by atoms with van der Waals surface area (Å²) >= 11 is 0. The predicted molar refractivity (Wildman–Crippen MR) is 138 cm³/mol. The average Bonchev–Trinajstić information content (AvgIpc) is 3.15. The van der Waals surface area contributed by atoms with E-state index in [-0.39, 0.29) is 23.5 Å². The first kappa shape index (κ1) is 24.8. The third-order valence-electron chi connectivity index (χ3n) is 7.88. The van der Waals surface area contributed by atoms with E-state index in [0.717, 1.165) is 51.6 Å². The van der Waals surface area contributed by atoms with Gasteiger partial charge < -0.3 is 15.1 Å². The quantitative estimate of drug-likeness (QED) is 0.638. The molecule has 5 nitrogen and oxygen atoms in total. The second kappa shape index (κ2) is 9.75. The van der Waals surface area contributed by atoms with Crippen molar-refractivity contribution in [2.24, 2.45) is 17.8 Å². The topological polar surface area (TPSA) is 52.7 Å². The average molecular weight is 466 g/mol. The molecule has 0 aromatic heterocycles. The molecule has 0 saturated heterocycles. The van der Waals surface area contributed by atoms with Crippen LogP contribution in [0.3, 0.4) is 0 Å². The summed E-state index contributed by atoms with van der Waals surface area (Å²) in [6.45, 7) is 12.1. The first-order valence-corrected chi connectivity index (χ1v) is 13.2. The molecule has 3 amide bonds. The summed E-state index contributed by atoms with van der Waals surface area (Å²) in [5.74, 6) is 1.37. The summed E-state index contributed by atoms with van der Waals surface area (Å²) in [5.41, 5.74) is 5.59. The molecule has 34 heavy (non-hydrogen) atoms. The monoisotopic (exact) mass is 465 g/mol. The van der Waals surface area contributed by atoms with Crippen molar-refractivity contribution in [2.45, 2.75) is 84.7 Å². The largest absolute Gasteiger partial charge is 0.335 e. The second-order valence-electron chi connectivity index (χ2n) is 12.1. The molecule has 5 heteroatoms. The van der Waals surface area contributed by atoms with E-state index in [1.165, 1.54) is 22.3 Å². The van der Waals surface area contributed by atoms with E-state index in [1.54, 1.807) is 0 Å². The van der Waals surface area contributed by atoms with E-state index in [4.69, 9.17) is 0 Å². The standard InChI is InChI=1S/C29H43N3O2/c1-19(2)26-25-17-22-9-7-8-10-23(22)24(25)15-16-32(26)27(33)21-13-11-20(12-14-21)18-31(6)28(34)30-29(3,4)5/h7-10,19-21,26H,11-18H2,1-6H3,(H,30,34). The minimum atomic E-state index is -0.229. The fraction of sp³-hybridized carbons (Fsp3) is 0.655. The molecule has 1 aromatic rings. The Bertz CT molecular complexity index is 950. The lowest BCUT2D eigenvalue weighted by molar-refractivity contribution is -0.139. The van der Waals surface area contributed by atoms with E-state index in [9.17, 15) is 9.59 Å². The number of rotatable bonds is 4. The van der Waals surface area contributed by atoms with Gasteiger partial charge in [-0.2, -0.15) is 0 Å². The number of hydrogen-bond acceptors (Lipinski definition) is 2. The van der Waals surface area contributed by atoms with Crippen molar-refractivity contribution < 1.29 is 9.59 Å². The van der Waals surface area contributed by atoms with Gasteiger partial charge in [0.1, 0.15) is 0 Å². The van der Waals surface area contributed by atoms with Crippen LogP contribution < -0.4 is 5.32 Å². The van der Waals surface area contributed by atoms with Crippen LogP contribution in [0.25, 0.3) is 5.57 Å². The fourth-order valence-corrected chi connectivity index (χ4v) is 6.31. The van der Waals surface area contributed by atoms with Crippen LogP contribution in [0.5, 0.6) is 0 Å². The van der Waals surface area contributed by atoms with Crippen LogP contribution in [0.1, 0.15) is 77.8 Å². The maximum absolute atomic E-state index is 13.8. The molecule has 2 aliphatic carbocycles. The van der Waals surface area contributed by atoms with Crippen LogP contribution in [0, 0.1) is 17.8 Å². The van der Waals surface area contributed by atoms with Crippen molar-refractivity contribution in [3.63, 3.8) is 0 Å². The maximum Gasteiger partial charge on any atom is 0.317 e. The van der Waals surface area contributed by atoms with Gasteiger partial charge in [-0.3, -0.25) is 4.79 Å². The number of nitrogens with one attached hydrogen (secondary N) is 1. The molecule has 1 N–H and O–H groups in total. The van der Waals surface area contributed by atoms with E-state index in [2.05, 4.69) is 48.3 Å². The molecule has 4 rings (SSSR count). The fourth-order valence-electron chi connectivity index (χ4n) is 6.31. The lowest BCUT2D eigenvalue weighted by atomic mass is 9.79. The maximum atomic E-state index is 13.8. The molecule has 186 valence electrons. The Morgan fingerprint density at radius 2 is 1.79 bits per heavy atom. The van der Waals surface area contributed by atoms with Crippen molar-refractivity contribution in [2.75, 3.05) is 20.1 Å². The zero-order valence-electron chi connectivity index (χ0n) is 22.0. The van der Waals surface area contributed by atoms with Crippen LogP contribution in [-0.2, 0) is 11.2 Å². The molecule has 1 fully saturated rings. The SMILES string of the molecule is CC(C)C1C2=C(CCN1C(=O)C1CCC(CN(C)C(=O)NC(C)(C)C)CC1)c1ccccc1C2. The minimum Gasteiger partial charge on any atom is -0.335 e. The highest BCUT2D eigenvalue weighted by Gasteiger charge is 2.40. The van der Waals surface area contributed by atoms with Gasteiger partial charge in [0.25, 0.3) is 0 Å². The summed E-state index contributed by atoms with van der Waals surface area (Å²) in [5, 5.41) is 3.04. The summed E-state index contributed by atoms with van der Waals surface area (Å²) in [6.07, 6.45) is 5.88. The summed E-state index contributed by atoms with van der Waals surface area (Å²) in [7, 11) is 1.88. The van der Waals surface area contributed by atoms with Gasteiger partial charge in [0.15, 0.2) is 0 Å². The van der Waals surface area contributed by atoms with Crippen molar-refractivity contribution >= 4 is 17.5 Å². The Kier molecular flexibility index (Phi) is 7.12. The lowest BCUT2D eigenvalue weighted by Crippen LogP contribution is -2.50. The molecule has 0 spiro atoms. The number of fused-ring (bicyclic) bond motifs is 2. The second-order valence-corrected chi connectivity index (χ2v) is 12.1. The van der Waals surface area contributed by atoms with Gasteiger partial charge in [-0.15, -0.1) is 0 Å². The molecule has 3 aliphatic rings. The van der Waals surface area contributed by atoms with Gasteiger partial charge in [0.2, 0.25) is 5.91 Å². The van der Waals surface area contributed by atoms with Crippen molar-refractivity contribution in [3.8, 4) is 0 Å². The van der Waals surface area contributed by atoms with Gasteiger partial charge in [-0.05, 0) is 93.4 Å². The van der Waals surface area contributed by atoms with Gasteiger partial charge in [-0.1, -0.05) is 38.1 Å². The number of carbonyl (C=O) groups is 2. The van der Waals surface area contributed by atoms with Gasteiger partial charge >= 0.3 is 6.03 Å². The minimum absolute atomic E-state index is 0.0135. The van der Waals surface area contributed by atoms with Crippen molar-refractivity contribution in [3.05, 3.63) is 41.0 Å². The zero-order chi connectivity index (χ0) is 24.6. The number of hydrogen-bond donors (Lipinski definition) is 1. The zero-order valence-corrected chi connectivity index (χ0v) is 22.0. The van der Waals surface area contributed by atoms with E-state index < -0.39 is 0 Å². The Hall–Kier alpha value is -2.30. The predicted octanol–water partition coefficient (Wildman–Crippen LogP) is 5.50. The molecular weight excluding hydrogens is 422 g/mol. The molecular formula is C29H43N3O2. The number of carbonyl (C=O) groups excluding carboxylic acids is 2. The van der Waals surface area contributed by atoms with Crippen molar-refractivity contribution in [1.29, 1.82) is 0 Å². The number of urea groups is 1. The van der Waals surface area contributed by atoms with Crippen LogP contribution >= 0.6 is 0 Å². The van der Waals surface area contributed by atoms with Crippen LogP contribution in [-0.4, -0.2) is 53.5 Å². The number of nitrogens with zero attached hydrogens (tertiary/aromatic N) is 2. The third-order valence-corrected chi connectivity index (χ3v) is 7.88. The van der Waals surface area contributed by atoms with Gasteiger partial charge in [-0.25, -0.2) is 4.79 Å². The lowest BCUT2D eigenvalue weighted by Gasteiger charge is -2.42. The number of benzene rings is 1. The van der Waals surface area contributed by atoms with E-state index in [0.29, 0.717) is 17.7 Å². The molecule has 1 aromatic carbocycles.